The Morgan fingerprint density at radius 3 is 1.85 bits per heavy atom. The lowest BCUT2D eigenvalue weighted by Crippen LogP contribution is -2.23. The Morgan fingerprint density at radius 1 is 1.05 bits per heavy atom. The molecule has 1 aliphatic heterocycles. The van der Waals surface area contributed by atoms with Crippen molar-refractivity contribution in [2.24, 2.45) is 0 Å². The number of nitrogens with zero attached hydrogens (tertiary/aromatic N) is 1. The van der Waals surface area contributed by atoms with Crippen LogP contribution in [0.15, 0.2) is 60.7 Å². The van der Waals surface area contributed by atoms with Gasteiger partial charge >= 0.3 is 0 Å². The van der Waals surface area contributed by atoms with Gasteiger partial charge in [0, 0.05) is 10.6 Å². The molecule has 2 aromatic carbocycles. The lowest BCUT2D eigenvalue weighted by Gasteiger charge is -2.18. The van der Waals surface area contributed by atoms with E-state index in [1.165, 1.54) is 0 Å². The second kappa shape index (κ2) is 4.59. The van der Waals surface area contributed by atoms with E-state index in [0.29, 0.717) is 0 Å². The quantitative estimate of drug-likeness (QED) is 0.693. The fourth-order valence-corrected chi connectivity index (χ4v) is 5.90. The summed E-state index contributed by atoms with van der Waals surface area (Å²) < 4.78 is 13.7. The fraction of sp³-hybridized carbons (Fsp3) is 0.188. The number of benzene rings is 2. The second-order valence-electron chi connectivity index (χ2n) is 5.19. The number of hydrogen-bond donors (Lipinski definition) is 1. The van der Waals surface area contributed by atoms with Crippen molar-refractivity contribution in [1.29, 1.82) is 5.26 Å². The summed E-state index contributed by atoms with van der Waals surface area (Å²) in [6, 6.07) is 21.1. The van der Waals surface area contributed by atoms with E-state index in [9.17, 15) is 9.83 Å². The van der Waals surface area contributed by atoms with Crippen molar-refractivity contribution in [3.63, 3.8) is 0 Å². The highest BCUT2D eigenvalue weighted by molar-refractivity contribution is 7.79. The largest absolute Gasteiger partial charge is 0.312 e. The molecule has 3 rings (SSSR count). The van der Waals surface area contributed by atoms with Crippen LogP contribution < -0.4 is 15.9 Å². The van der Waals surface area contributed by atoms with Crippen LogP contribution in [0, 0.1) is 11.3 Å². The molecule has 0 spiro atoms. The Morgan fingerprint density at radius 2 is 1.50 bits per heavy atom. The lowest BCUT2D eigenvalue weighted by atomic mass is 10.2. The molecule has 4 heteroatoms. The summed E-state index contributed by atoms with van der Waals surface area (Å²) in [5.41, 5.74) is -0.707. The van der Waals surface area contributed by atoms with Crippen molar-refractivity contribution in [3.8, 4) is 6.07 Å². The van der Waals surface area contributed by atoms with Gasteiger partial charge < -0.3 is 4.57 Å². The van der Waals surface area contributed by atoms with Crippen LogP contribution in [-0.4, -0.2) is 11.3 Å². The molecule has 1 aliphatic rings. The van der Waals surface area contributed by atoms with Gasteiger partial charge in [0.15, 0.2) is 7.14 Å². The van der Waals surface area contributed by atoms with Crippen LogP contribution in [-0.2, 0) is 4.57 Å². The summed E-state index contributed by atoms with van der Waals surface area (Å²) in [6.45, 7) is 1.80. The molecule has 3 nitrogen and oxygen atoms in total. The molecule has 0 aliphatic carbocycles. The van der Waals surface area contributed by atoms with E-state index in [-0.39, 0.29) is 5.78 Å². The normalized spacial score (nSPS) is 24.9. The fourth-order valence-electron chi connectivity index (χ4n) is 2.54. The molecular formula is C16H15N2OP. The maximum Gasteiger partial charge on any atom is 0.162 e. The minimum atomic E-state index is -2.86. The van der Waals surface area contributed by atoms with Crippen LogP contribution in [0.2, 0.25) is 0 Å². The minimum absolute atomic E-state index is 0.315. The summed E-state index contributed by atoms with van der Waals surface area (Å²) in [4.78, 5) is 0. The lowest BCUT2D eigenvalue weighted by molar-refractivity contribution is 0.584. The van der Waals surface area contributed by atoms with Gasteiger partial charge in [-0.15, -0.1) is 0 Å². The molecule has 1 heterocycles. The SMILES string of the molecule is C[C@@]1(C#N)N[C@H]1P(=O)(c1ccccc1)c1ccccc1. The maximum absolute atomic E-state index is 13.7. The van der Waals surface area contributed by atoms with Gasteiger partial charge in [-0.05, 0) is 6.92 Å². The summed E-state index contributed by atoms with van der Waals surface area (Å²) in [5.74, 6) is -0.315. The molecule has 0 unspecified atom stereocenters. The van der Waals surface area contributed by atoms with Crippen LogP contribution in [0.5, 0.6) is 0 Å². The van der Waals surface area contributed by atoms with Gasteiger partial charge in [0.05, 0.1) is 6.07 Å². The Bertz CT molecular complexity index is 665. The first-order valence-corrected chi connectivity index (χ1v) is 8.29. The van der Waals surface area contributed by atoms with E-state index in [2.05, 4.69) is 11.4 Å². The number of hydrogen-bond acceptors (Lipinski definition) is 3. The molecule has 1 saturated heterocycles. The maximum atomic E-state index is 13.7. The second-order valence-corrected chi connectivity index (χ2v) is 8.06. The van der Waals surface area contributed by atoms with Crippen molar-refractivity contribution >= 4 is 17.8 Å². The van der Waals surface area contributed by atoms with Crippen molar-refractivity contribution in [2.45, 2.75) is 18.2 Å². The Labute approximate surface area is 118 Å². The third-order valence-electron chi connectivity index (χ3n) is 3.78. The van der Waals surface area contributed by atoms with Gasteiger partial charge in [-0.3, -0.25) is 5.32 Å². The average molecular weight is 282 g/mol. The zero-order valence-corrected chi connectivity index (χ0v) is 12.0. The van der Waals surface area contributed by atoms with Crippen molar-refractivity contribution < 1.29 is 4.57 Å². The molecule has 0 saturated carbocycles. The predicted octanol–water partition coefficient (Wildman–Crippen LogP) is 2.21. The van der Waals surface area contributed by atoms with E-state index in [4.69, 9.17) is 0 Å². The summed E-state index contributed by atoms with van der Waals surface area (Å²) >= 11 is 0. The van der Waals surface area contributed by atoms with Crippen molar-refractivity contribution in [1.82, 2.24) is 5.32 Å². The van der Waals surface area contributed by atoms with Crippen LogP contribution in [0.3, 0.4) is 0 Å². The first-order chi connectivity index (χ1) is 9.61. The van der Waals surface area contributed by atoms with E-state index in [0.717, 1.165) is 10.6 Å². The van der Waals surface area contributed by atoms with Gasteiger partial charge in [0.25, 0.3) is 0 Å². The highest BCUT2D eigenvalue weighted by Crippen LogP contribution is 2.57. The van der Waals surface area contributed by atoms with Gasteiger partial charge in [-0.25, -0.2) is 0 Å². The third-order valence-corrected chi connectivity index (χ3v) is 7.28. The molecule has 1 fully saturated rings. The van der Waals surface area contributed by atoms with Gasteiger partial charge in [0.2, 0.25) is 0 Å². The monoisotopic (exact) mass is 282 g/mol. The number of nitriles is 1. The van der Waals surface area contributed by atoms with Gasteiger partial charge in [-0.2, -0.15) is 5.26 Å². The molecule has 0 bridgehead atoms. The van der Waals surface area contributed by atoms with Crippen LogP contribution in [0.25, 0.3) is 0 Å². The molecular weight excluding hydrogens is 267 g/mol. The molecule has 20 heavy (non-hydrogen) atoms. The Kier molecular flexibility index (Phi) is 3.01. The van der Waals surface area contributed by atoms with Crippen LogP contribution in [0.4, 0.5) is 0 Å². The standard InChI is InChI=1S/C16H15N2OP/c1-16(12-17)15(18-16)20(19,13-8-4-2-5-9-13)14-10-6-3-7-11-14/h2-11,15,18H,1H3/t15-,16-/m0/s1. The van der Waals surface area contributed by atoms with E-state index in [1.54, 1.807) is 6.92 Å². The zero-order chi connectivity index (χ0) is 14.2. The molecule has 2 aromatic rings. The van der Waals surface area contributed by atoms with Gasteiger partial charge in [0.1, 0.15) is 11.3 Å². The van der Waals surface area contributed by atoms with Gasteiger partial charge in [-0.1, -0.05) is 60.7 Å². The van der Waals surface area contributed by atoms with Crippen LogP contribution in [0.1, 0.15) is 6.92 Å². The summed E-state index contributed by atoms with van der Waals surface area (Å²) in [5, 5.41) is 14.0. The summed E-state index contributed by atoms with van der Waals surface area (Å²) in [7, 11) is -2.86. The number of nitrogens with one attached hydrogen (secondary N) is 1. The zero-order valence-electron chi connectivity index (χ0n) is 11.2. The van der Waals surface area contributed by atoms with Crippen molar-refractivity contribution in [2.75, 3.05) is 0 Å². The highest BCUT2D eigenvalue weighted by Gasteiger charge is 2.61. The summed E-state index contributed by atoms with van der Waals surface area (Å²) in [6.07, 6.45) is 0. The molecule has 100 valence electrons. The first kappa shape index (κ1) is 13.1. The van der Waals surface area contributed by atoms with Crippen molar-refractivity contribution in [3.05, 3.63) is 60.7 Å². The smallest absolute Gasteiger partial charge is 0.162 e. The number of rotatable bonds is 3. The Balaban J connectivity index is 2.16. The molecule has 0 aromatic heterocycles. The predicted molar refractivity (Wildman–Crippen MR) is 80.7 cm³/mol. The van der Waals surface area contributed by atoms with Crippen LogP contribution >= 0.6 is 7.14 Å². The topological polar surface area (TPSA) is 62.8 Å². The molecule has 0 radical (unpaired) electrons. The Hall–Kier alpha value is -1.88. The highest BCUT2D eigenvalue weighted by atomic mass is 31.2. The molecule has 1 N–H and O–H groups in total. The average Bonchev–Trinajstić information content (AvgIpc) is 3.21. The van der Waals surface area contributed by atoms with E-state index >= 15 is 0 Å². The first-order valence-electron chi connectivity index (χ1n) is 6.51. The minimum Gasteiger partial charge on any atom is -0.312 e. The third kappa shape index (κ3) is 1.89. The molecule has 0 amide bonds. The molecule has 2 atom stereocenters. The van der Waals surface area contributed by atoms with E-state index in [1.807, 2.05) is 60.7 Å². The van der Waals surface area contributed by atoms with E-state index < -0.39 is 12.7 Å².